The van der Waals surface area contributed by atoms with E-state index in [0.717, 1.165) is 55.5 Å². The Kier molecular flexibility index (Phi) is 9.36. The second-order valence-electron chi connectivity index (χ2n) is 9.14. The van der Waals surface area contributed by atoms with Crippen molar-refractivity contribution in [3.63, 3.8) is 0 Å². The molecule has 1 aliphatic rings. The van der Waals surface area contributed by atoms with Gasteiger partial charge in [0, 0.05) is 17.5 Å². The number of primary amides is 1. The predicted octanol–water partition coefficient (Wildman–Crippen LogP) is 5.19. The fraction of sp³-hybridized carbons (Fsp3) is 0.538. The van der Waals surface area contributed by atoms with Gasteiger partial charge >= 0.3 is 6.09 Å². The number of amides is 1. The van der Waals surface area contributed by atoms with Crippen molar-refractivity contribution in [2.24, 2.45) is 17.1 Å². The number of hydrogen-bond acceptors (Lipinski definition) is 5. The number of nitrogens with two attached hydrogens (primary N) is 1. The average molecular weight is 443 g/mol. The van der Waals surface area contributed by atoms with Crippen LogP contribution in [0.1, 0.15) is 63.5 Å². The predicted molar refractivity (Wildman–Crippen MR) is 127 cm³/mol. The second kappa shape index (κ2) is 11.7. The molecule has 176 valence electrons. The summed E-state index contributed by atoms with van der Waals surface area (Å²) >= 11 is 0. The van der Waals surface area contributed by atoms with Crippen LogP contribution in [0.15, 0.2) is 42.2 Å². The zero-order valence-electron chi connectivity index (χ0n) is 20.0. The Morgan fingerprint density at radius 1 is 1.34 bits per heavy atom. The number of allylic oxidation sites excluding steroid dienone is 3. The SMILES string of the molecule is C=C(N/C(=C\C)C(=O)CCCCc1ccc(OC)c(C)c1)[C@H]1CC[C@](C)(COC(N)=O)C1. The zero-order valence-corrected chi connectivity index (χ0v) is 20.0. The van der Waals surface area contributed by atoms with Crippen LogP contribution in [0.3, 0.4) is 0 Å². The van der Waals surface area contributed by atoms with Gasteiger partial charge < -0.3 is 20.5 Å². The lowest BCUT2D eigenvalue weighted by atomic mass is 9.88. The minimum Gasteiger partial charge on any atom is -0.496 e. The van der Waals surface area contributed by atoms with Gasteiger partial charge in [-0.15, -0.1) is 0 Å². The highest BCUT2D eigenvalue weighted by Crippen LogP contribution is 2.44. The van der Waals surface area contributed by atoms with E-state index in [2.05, 4.69) is 31.0 Å². The molecule has 1 amide bonds. The van der Waals surface area contributed by atoms with E-state index >= 15 is 0 Å². The van der Waals surface area contributed by atoms with Gasteiger partial charge in [0.15, 0.2) is 5.78 Å². The first-order valence-corrected chi connectivity index (χ1v) is 11.4. The summed E-state index contributed by atoms with van der Waals surface area (Å²) in [7, 11) is 1.68. The minimum absolute atomic E-state index is 0.107. The number of methoxy groups -OCH3 is 1. The van der Waals surface area contributed by atoms with Gasteiger partial charge in [-0.3, -0.25) is 4.79 Å². The van der Waals surface area contributed by atoms with Crippen LogP contribution < -0.4 is 15.8 Å². The van der Waals surface area contributed by atoms with Gasteiger partial charge in [0.1, 0.15) is 5.75 Å². The van der Waals surface area contributed by atoms with E-state index in [1.165, 1.54) is 5.56 Å². The van der Waals surface area contributed by atoms with Crippen LogP contribution in [0.4, 0.5) is 4.79 Å². The summed E-state index contributed by atoms with van der Waals surface area (Å²) in [6.07, 6.45) is 7.03. The van der Waals surface area contributed by atoms with Crippen molar-refractivity contribution in [1.82, 2.24) is 5.32 Å². The summed E-state index contributed by atoms with van der Waals surface area (Å²) in [5.74, 6) is 1.24. The van der Waals surface area contributed by atoms with Crippen molar-refractivity contribution in [1.29, 1.82) is 0 Å². The van der Waals surface area contributed by atoms with Crippen LogP contribution in [-0.2, 0) is 16.0 Å². The van der Waals surface area contributed by atoms with E-state index in [1.54, 1.807) is 7.11 Å². The first kappa shape index (κ1) is 25.5. The van der Waals surface area contributed by atoms with Gasteiger partial charge in [-0.2, -0.15) is 0 Å². The van der Waals surface area contributed by atoms with Crippen molar-refractivity contribution >= 4 is 11.9 Å². The molecule has 1 aromatic carbocycles. The number of nitrogens with one attached hydrogen (secondary N) is 1. The number of ether oxygens (including phenoxy) is 2. The summed E-state index contributed by atoms with van der Waals surface area (Å²) in [6.45, 7) is 10.5. The Balaban J connectivity index is 1.77. The fourth-order valence-corrected chi connectivity index (χ4v) is 4.42. The molecule has 6 heteroatoms. The van der Waals surface area contributed by atoms with Gasteiger partial charge in [0.05, 0.1) is 19.4 Å². The van der Waals surface area contributed by atoms with E-state index in [9.17, 15) is 9.59 Å². The van der Waals surface area contributed by atoms with Crippen molar-refractivity contribution in [2.75, 3.05) is 13.7 Å². The highest BCUT2D eigenvalue weighted by molar-refractivity contribution is 5.94. The van der Waals surface area contributed by atoms with E-state index < -0.39 is 6.09 Å². The number of carbonyl (C=O) groups is 2. The molecule has 0 saturated heterocycles. The molecule has 1 aliphatic carbocycles. The summed E-state index contributed by atoms with van der Waals surface area (Å²) in [5, 5.41) is 3.26. The molecular weight excluding hydrogens is 404 g/mol. The third-order valence-electron chi connectivity index (χ3n) is 6.35. The fourth-order valence-electron chi connectivity index (χ4n) is 4.42. The van der Waals surface area contributed by atoms with Crippen LogP contribution in [-0.4, -0.2) is 25.6 Å². The Bertz CT molecular complexity index is 861. The van der Waals surface area contributed by atoms with Crippen molar-refractivity contribution in [2.45, 2.75) is 65.7 Å². The van der Waals surface area contributed by atoms with Crippen molar-refractivity contribution in [3.8, 4) is 5.75 Å². The van der Waals surface area contributed by atoms with Crippen LogP contribution in [0.2, 0.25) is 0 Å². The normalized spacial score (nSPS) is 20.6. The molecule has 32 heavy (non-hydrogen) atoms. The standard InChI is InChI=1S/C26H38N2O4/c1-6-22(28-19(3)21-13-14-26(4,16-21)17-32-25(27)30)23(29)10-8-7-9-20-11-12-24(31-5)18(2)15-20/h6,11-12,15,21,28H,3,7-10,13-14,16-17H2,1-2,4-5H3,(H2,27,30)/b22-6-/t21-,26-/m0/s1. The summed E-state index contributed by atoms with van der Waals surface area (Å²) < 4.78 is 10.3. The third-order valence-corrected chi connectivity index (χ3v) is 6.35. The minimum atomic E-state index is -0.740. The van der Waals surface area contributed by atoms with Gasteiger partial charge in [0.2, 0.25) is 0 Å². The van der Waals surface area contributed by atoms with Gasteiger partial charge in [-0.1, -0.05) is 31.7 Å². The molecule has 2 atom stereocenters. The Morgan fingerprint density at radius 3 is 2.72 bits per heavy atom. The number of unbranched alkanes of at least 4 members (excludes halogenated alkanes) is 1. The van der Waals surface area contributed by atoms with E-state index in [4.69, 9.17) is 15.2 Å². The molecule has 1 aromatic rings. The Labute approximate surface area is 192 Å². The molecule has 1 saturated carbocycles. The lowest BCUT2D eigenvalue weighted by Gasteiger charge is -2.24. The highest BCUT2D eigenvalue weighted by Gasteiger charge is 2.37. The number of rotatable bonds is 12. The summed E-state index contributed by atoms with van der Waals surface area (Å²) in [4.78, 5) is 23.6. The number of Topliss-reactive ketones (excluding diaryl/α,β-unsaturated/α-hetero) is 1. The Hall–Kier alpha value is -2.76. The maximum atomic E-state index is 12.7. The van der Waals surface area contributed by atoms with E-state index in [-0.39, 0.29) is 17.1 Å². The number of aryl methyl sites for hydroxylation is 2. The molecule has 0 bridgehead atoms. The molecule has 3 N–H and O–H groups in total. The van der Waals surface area contributed by atoms with Gasteiger partial charge in [-0.05, 0) is 75.5 Å². The zero-order chi connectivity index (χ0) is 23.7. The molecule has 0 radical (unpaired) electrons. The van der Waals surface area contributed by atoms with Crippen molar-refractivity contribution in [3.05, 3.63) is 53.4 Å². The van der Waals surface area contributed by atoms with E-state index in [1.807, 2.05) is 26.0 Å². The molecule has 0 unspecified atom stereocenters. The van der Waals surface area contributed by atoms with E-state index in [0.29, 0.717) is 18.7 Å². The molecule has 0 aromatic heterocycles. The van der Waals surface area contributed by atoms with Gasteiger partial charge in [-0.25, -0.2) is 4.79 Å². The van der Waals surface area contributed by atoms with Crippen LogP contribution >= 0.6 is 0 Å². The average Bonchev–Trinajstić information content (AvgIpc) is 3.16. The number of benzene rings is 1. The summed E-state index contributed by atoms with van der Waals surface area (Å²) in [6, 6.07) is 6.23. The number of carbonyl (C=O) groups excluding carboxylic acids is 2. The third kappa shape index (κ3) is 7.43. The lowest BCUT2D eigenvalue weighted by molar-refractivity contribution is -0.116. The quantitative estimate of drug-likeness (QED) is 0.343. The molecule has 0 heterocycles. The highest BCUT2D eigenvalue weighted by atomic mass is 16.5. The van der Waals surface area contributed by atoms with Crippen molar-refractivity contribution < 1.29 is 19.1 Å². The van der Waals surface area contributed by atoms with Crippen LogP contribution in [0.5, 0.6) is 5.75 Å². The molecule has 1 fully saturated rings. The van der Waals surface area contributed by atoms with Crippen LogP contribution in [0, 0.1) is 18.3 Å². The Morgan fingerprint density at radius 2 is 2.09 bits per heavy atom. The maximum Gasteiger partial charge on any atom is 0.404 e. The molecule has 0 spiro atoms. The smallest absolute Gasteiger partial charge is 0.404 e. The number of ketones is 1. The second-order valence-corrected chi connectivity index (χ2v) is 9.14. The first-order chi connectivity index (χ1) is 15.2. The largest absolute Gasteiger partial charge is 0.496 e. The first-order valence-electron chi connectivity index (χ1n) is 11.4. The monoisotopic (exact) mass is 442 g/mol. The lowest BCUT2D eigenvalue weighted by Crippen LogP contribution is -2.27. The summed E-state index contributed by atoms with van der Waals surface area (Å²) in [5.41, 5.74) is 8.84. The van der Waals surface area contributed by atoms with Crippen LogP contribution in [0.25, 0.3) is 0 Å². The maximum absolute atomic E-state index is 12.7. The molecule has 6 nitrogen and oxygen atoms in total. The molecule has 0 aliphatic heterocycles. The topological polar surface area (TPSA) is 90.7 Å². The molecular formula is C26H38N2O4. The van der Waals surface area contributed by atoms with Gasteiger partial charge in [0.25, 0.3) is 0 Å². The number of hydrogen-bond donors (Lipinski definition) is 2. The molecule has 2 rings (SSSR count).